The third-order valence-electron chi connectivity index (χ3n) is 3.44. The van der Waals surface area contributed by atoms with Gasteiger partial charge in [-0.25, -0.2) is 4.39 Å². The molecule has 0 amide bonds. The maximum absolute atomic E-state index is 13.1. The summed E-state index contributed by atoms with van der Waals surface area (Å²) < 4.78 is 18.8. The molecule has 1 atom stereocenters. The van der Waals surface area contributed by atoms with Crippen molar-refractivity contribution < 1.29 is 9.13 Å². The van der Waals surface area contributed by atoms with Crippen molar-refractivity contribution in [1.29, 1.82) is 0 Å². The molecule has 106 valence electrons. The summed E-state index contributed by atoms with van der Waals surface area (Å²) in [5.74, 6) is 0.838. The monoisotopic (exact) mass is 273 g/mol. The summed E-state index contributed by atoms with van der Waals surface area (Å²) in [5, 5.41) is 0. The summed E-state index contributed by atoms with van der Waals surface area (Å²) in [4.78, 5) is 0. The van der Waals surface area contributed by atoms with Gasteiger partial charge in [0.1, 0.15) is 18.2 Å². The van der Waals surface area contributed by atoms with Gasteiger partial charge in [-0.05, 0) is 54.3 Å². The zero-order chi connectivity index (χ0) is 14.5. The lowest BCUT2D eigenvalue weighted by Gasteiger charge is -2.11. The SMILES string of the molecule is Cc1cc(OCc2ccc(C(C)CN)cc2)ccc1F. The third-order valence-corrected chi connectivity index (χ3v) is 3.44. The quantitative estimate of drug-likeness (QED) is 0.900. The normalized spacial score (nSPS) is 12.2. The van der Waals surface area contributed by atoms with Crippen LogP contribution in [0.4, 0.5) is 4.39 Å². The molecule has 0 spiro atoms. The van der Waals surface area contributed by atoms with Crippen LogP contribution in [0.15, 0.2) is 42.5 Å². The van der Waals surface area contributed by atoms with Crippen LogP contribution in [0.5, 0.6) is 5.75 Å². The first kappa shape index (κ1) is 14.5. The predicted molar refractivity (Wildman–Crippen MR) is 79.4 cm³/mol. The Morgan fingerprint density at radius 3 is 2.45 bits per heavy atom. The van der Waals surface area contributed by atoms with Gasteiger partial charge in [0.05, 0.1) is 0 Å². The van der Waals surface area contributed by atoms with E-state index in [1.807, 2.05) is 12.1 Å². The minimum atomic E-state index is -0.211. The molecule has 2 N–H and O–H groups in total. The molecule has 20 heavy (non-hydrogen) atoms. The van der Waals surface area contributed by atoms with Crippen molar-refractivity contribution in [3.8, 4) is 5.75 Å². The van der Waals surface area contributed by atoms with Crippen molar-refractivity contribution in [2.24, 2.45) is 5.73 Å². The van der Waals surface area contributed by atoms with Crippen LogP contribution in [0.2, 0.25) is 0 Å². The largest absolute Gasteiger partial charge is 0.489 e. The van der Waals surface area contributed by atoms with Crippen LogP contribution < -0.4 is 10.5 Å². The highest BCUT2D eigenvalue weighted by atomic mass is 19.1. The fraction of sp³-hybridized carbons (Fsp3) is 0.294. The van der Waals surface area contributed by atoms with E-state index in [9.17, 15) is 4.39 Å². The Balaban J connectivity index is 1.98. The van der Waals surface area contributed by atoms with Gasteiger partial charge < -0.3 is 10.5 Å². The Hall–Kier alpha value is -1.87. The highest BCUT2D eigenvalue weighted by molar-refractivity contribution is 5.30. The average molecular weight is 273 g/mol. The molecule has 0 aliphatic carbocycles. The lowest BCUT2D eigenvalue weighted by molar-refractivity contribution is 0.305. The fourth-order valence-electron chi connectivity index (χ4n) is 1.95. The van der Waals surface area contributed by atoms with Gasteiger partial charge in [0, 0.05) is 0 Å². The first-order valence-electron chi connectivity index (χ1n) is 6.78. The van der Waals surface area contributed by atoms with Gasteiger partial charge in [0.15, 0.2) is 0 Å². The van der Waals surface area contributed by atoms with E-state index in [1.165, 1.54) is 11.6 Å². The lowest BCUT2D eigenvalue weighted by atomic mass is 10.0. The number of hydrogen-bond acceptors (Lipinski definition) is 2. The van der Waals surface area contributed by atoms with Gasteiger partial charge in [-0.2, -0.15) is 0 Å². The highest BCUT2D eigenvalue weighted by Gasteiger charge is 2.04. The molecule has 0 aliphatic rings. The molecule has 0 heterocycles. The van der Waals surface area contributed by atoms with Crippen LogP contribution in [0.1, 0.15) is 29.5 Å². The number of benzene rings is 2. The number of rotatable bonds is 5. The van der Waals surface area contributed by atoms with E-state index in [2.05, 4.69) is 19.1 Å². The average Bonchev–Trinajstić information content (AvgIpc) is 2.48. The molecular formula is C17H20FNO. The Morgan fingerprint density at radius 1 is 1.15 bits per heavy atom. The molecule has 2 aromatic rings. The summed E-state index contributed by atoms with van der Waals surface area (Å²) >= 11 is 0. The van der Waals surface area contributed by atoms with Crippen LogP contribution in [0.3, 0.4) is 0 Å². The molecule has 1 unspecified atom stereocenters. The van der Waals surface area contributed by atoms with Gasteiger partial charge in [0.2, 0.25) is 0 Å². The topological polar surface area (TPSA) is 35.2 Å². The second kappa shape index (κ2) is 6.53. The second-order valence-electron chi connectivity index (χ2n) is 5.08. The van der Waals surface area contributed by atoms with Crippen LogP contribution in [0.25, 0.3) is 0 Å². The zero-order valence-electron chi connectivity index (χ0n) is 11.9. The molecule has 0 radical (unpaired) electrons. The van der Waals surface area contributed by atoms with Crippen molar-refractivity contribution >= 4 is 0 Å². The summed E-state index contributed by atoms with van der Waals surface area (Å²) in [6.45, 7) is 4.95. The predicted octanol–water partition coefficient (Wildman–Crippen LogP) is 3.78. The zero-order valence-corrected chi connectivity index (χ0v) is 11.9. The Bertz CT molecular complexity index is 566. The molecule has 0 aromatic heterocycles. The van der Waals surface area contributed by atoms with Crippen molar-refractivity contribution in [3.05, 3.63) is 65.0 Å². The van der Waals surface area contributed by atoms with Crippen LogP contribution in [-0.4, -0.2) is 6.54 Å². The molecule has 0 bridgehead atoms. The standard InChI is InChI=1S/C17H20FNO/c1-12-9-16(7-8-17(12)18)20-11-14-3-5-15(6-4-14)13(2)10-19/h3-9,13H,10-11,19H2,1-2H3. The maximum atomic E-state index is 13.1. The summed E-state index contributed by atoms with van der Waals surface area (Å²) in [6.07, 6.45) is 0. The summed E-state index contributed by atoms with van der Waals surface area (Å²) in [5.41, 5.74) is 8.55. The minimum absolute atomic E-state index is 0.211. The van der Waals surface area contributed by atoms with E-state index in [1.54, 1.807) is 19.1 Å². The fourth-order valence-corrected chi connectivity index (χ4v) is 1.95. The Morgan fingerprint density at radius 2 is 1.85 bits per heavy atom. The summed E-state index contributed by atoms with van der Waals surface area (Å²) in [6, 6.07) is 13.0. The molecule has 0 aliphatic heterocycles. The lowest BCUT2D eigenvalue weighted by Crippen LogP contribution is -2.08. The Kier molecular flexibility index (Phi) is 4.74. The van der Waals surface area contributed by atoms with Gasteiger partial charge in [-0.15, -0.1) is 0 Å². The van der Waals surface area contributed by atoms with E-state index >= 15 is 0 Å². The van der Waals surface area contributed by atoms with E-state index in [0.717, 1.165) is 5.56 Å². The van der Waals surface area contributed by atoms with E-state index in [-0.39, 0.29) is 5.82 Å². The maximum Gasteiger partial charge on any atom is 0.126 e. The molecule has 0 fully saturated rings. The van der Waals surface area contributed by atoms with Gasteiger partial charge in [-0.3, -0.25) is 0 Å². The van der Waals surface area contributed by atoms with Crippen molar-refractivity contribution in [2.45, 2.75) is 26.4 Å². The number of aryl methyl sites for hydroxylation is 1. The second-order valence-corrected chi connectivity index (χ2v) is 5.08. The first-order valence-corrected chi connectivity index (χ1v) is 6.78. The molecule has 0 saturated carbocycles. The molecule has 0 saturated heterocycles. The number of nitrogens with two attached hydrogens (primary N) is 1. The number of hydrogen-bond donors (Lipinski definition) is 1. The highest BCUT2D eigenvalue weighted by Crippen LogP contribution is 2.19. The molecule has 2 rings (SSSR count). The molecule has 3 heteroatoms. The van der Waals surface area contributed by atoms with Gasteiger partial charge in [0.25, 0.3) is 0 Å². The number of halogens is 1. The Labute approximate surface area is 119 Å². The van der Waals surface area contributed by atoms with Crippen molar-refractivity contribution in [1.82, 2.24) is 0 Å². The molecule has 2 nitrogen and oxygen atoms in total. The van der Waals surface area contributed by atoms with Crippen LogP contribution in [0, 0.1) is 12.7 Å². The molecule has 2 aromatic carbocycles. The van der Waals surface area contributed by atoms with Crippen molar-refractivity contribution in [3.63, 3.8) is 0 Å². The minimum Gasteiger partial charge on any atom is -0.489 e. The van der Waals surface area contributed by atoms with Crippen LogP contribution in [-0.2, 0) is 6.61 Å². The van der Waals surface area contributed by atoms with Crippen molar-refractivity contribution in [2.75, 3.05) is 6.54 Å². The first-order chi connectivity index (χ1) is 9.60. The van der Waals surface area contributed by atoms with Crippen LogP contribution >= 0.6 is 0 Å². The van der Waals surface area contributed by atoms with E-state index < -0.39 is 0 Å². The van der Waals surface area contributed by atoms with E-state index in [4.69, 9.17) is 10.5 Å². The number of ether oxygens (including phenoxy) is 1. The van der Waals surface area contributed by atoms with Gasteiger partial charge in [-0.1, -0.05) is 31.2 Å². The smallest absolute Gasteiger partial charge is 0.126 e. The third kappa shape index (κ3) is 3.58. The van der Waals surface area contributed by atoms with E-state index in [0.29, 0.717) is 30.4 Å². The van der Waals surface area contributed by atoms with Gasteiger partial charge >= 0.3 is 0 Å². The molecular weight excluding hydrogens is 253 g/mol. The summed E-state index contributed by atoms with van der Waals surface area (Å²) in [7, 11) is 0.